The lowest BCUT2D eigenvalue weighted by Crippen LogP contribution is -2.35. The summed E-state index contributed by atoms with van der Waals surface area (Å²) in [5.41, 5.74) is 1.59. The molecule has 4 aromatic rings. The van der Waals surface area contributed by atoms with Gasteiger partial charge in [-0.15, -0.1) is 0 Å². The minimum Gasteiger partial charge on any atom is -0.370 e. The van der Waals surface area contributed by atoms with E-state index in [9.17, 15) is 13.2 Å². The zero-order chi connectivity index (χ0) is 24.4. The lowest BCUT2D eigenvalue weighted by Gasteiger charge is -2.23. The molecule has 8 heteroatoms. The van der Waals surface area contributed by atoms with Crippen LogP contribution in [0.25, 0.3) is 10.8 Å². The lowest BCUT2D eigenvalue weighted by molar-refractivity contribution is 0.0767. The van der Waals surface area contributed by atoms with Gasteiger partial charge in [-0.25, -0.2) is 8.42 Å². The average Bonchev–Trinajstić information content (AvgIpc) is 3.15. The monoisotopic (exact) mass is 549 g/mol. The van der Waals surface area contributed by atoms with Crippen LogP contribution in [0, 0.1) is 0 Å². The molecule has 1 amide bonds. The van der Waals surface area contributed by atoms with Crippen LogP contribution in [0.3, 0.4) is 0 Å². The Morgan fingerprint density at radius 2 is 1.46 bits per heavy atom. The number of sulfone groups is 1. The second-order valence-corrected chi connectivity index (χ2v) is 11.4. The Bertz CT molecular complexity index is 1480. The minimum absolute atomic E-state index is 0.0817. The number of carbonyl (C=O) groups excluding carboxylic acids is 1. The maximum Gasteiger partial charge on any atom is 0.253 e. The normalized spacial score (nSPS) is 14.7. The molecular formula is C27H24BrN3O3S. The van der Waals surface area contributed by atoms with E-state index in [-0.39, 0.29) is 15.7 Å². The highest BCUT2D eigenvalue weighted by Gasteiger charge is 2.22. The van der Waals surface area contributed by atoms with E-state index in [1.54, 1.807) is 42.7 Å². The number of halogens is 1. The number of aromatic nitrogens is 1. The van der Waals surface area contributed by atoms with Gasteiger partial charge in [0.1, 0.15) is 0 Å². The van der Waals surface area contributed by atoms with Crippen LogP contribution in [0.15, 0.2) is 99.5 Å². The van der Waals surface area contributed by atoms with E-state index in [1.807, 2.05) is 35.2 Å². The van der Waals surface area contributed by atoms with Crippen molar-refractivity contribution in [2.24, 2.45) is 0 Å². The molecule has 1 aromatic heterocycles. The van der Waals surface area contributed by atoms with E-state index in [2.05, 4.69) is 25.8 Å². The van der Waals surface area contributed by atoms with E-state index in [0.29, 0.717) is 18.7 Å². The summed E-state index contributed by atoms with van der Waals surface area (Å²) in [5.74, 6) is -0.0817. The molecule has 1 aliphatic heterocycles. The van der Waals surface area contributed by atoms with E-state index in [4.69, 9.17) is 0 Å². The van der Waals surface area contributed by atoms with Crippen molar-refractivity contribution in [2.45, 2.75) is 16.2 Å². The number of amides is 1. The van der Waals surface area contributed by atoms with E-state index in [0.717, 1.165) is 40.4 Å². The van der Waals surface area contributed by atoms with Crippen molar-refractivity contribution in [3.63, 3.8) is 0 Å². The number of carbonyl (C=O) groups is 1. The molecule has 1 aliphatic rings. The molecule has 0 spiro atoms. The van der Waals surface area contributed by atoms with E-state index in [1.165, 1.54) is 12.1 Å². The Labute approximate surface area is 213 Å². The SMILES string of the molecule is O=C(c1ccc(S(=O)(=O)c2ccc3cc(Br)ccc3c2)cc1)N1CCCN(c2ccncc2)CC1. The number of benzene rings is 3. The largest absolute Gasteiger partial charge is 0.370 e. The van der Waals surface area contributed by atoms with Crippen molar-refractivity contribution in [1.29, 1.82) is 0 Å². The van der Waals surface area contributed by atoms with Crippen LogP contribution in [-0.2, 0) is 9.84 Å². The molecule has 178 valence electrons. The fourth-order valence-corrected chi connectivity index (χ4v) is 6.07. The van der Waals surface area contributed by atoms with Gasteiger partial charge in [0.05, 0.1) is 9.79 Å². The Morgan fingerprint density at radius 1 is 0.771 bits per heavy atom. The predicted octanol–water partition coefficient (Wildman–Crippen LogP) is 5.18. The molecule has 1 saturated heterocycles. The molecule has 35 heavy (non-hydrogen) atoms. The quantitative estimate of drug-likeness (QED) is 0.350. The summed E-state index contributed by atoms with van der Waals surface area (Å²) >= 11 is 3.44. The van der Waals surface area contributed by atoms with Gasteiger partial charge in [0, 0.05) is 54.3 Å². The number of hydrogen-bond donors (Lipinski definition) is 0. The summed E-state index contributed by atoms with van der Waals surface area (Å²) in [7, 11) is -3.70. The first kappa shape index (κ1) is 23.5. The number of pyridine rings is 1. The maximum atomic E-state index is 13.2. The van der Waals surface area contributed by atoms with Crippen LogP contribution in [0.4, 0.5) is 5.69 Å². The third-order valence-corrected chi connectivity index (χ3v) is 8.57. The molecule has 0 N–H and O–H groups in total. The second-order valence-electron chi connectivity index (χ2n) is 8.52. The van der Waals surface area contributed by atoms with Gasteiger partial charge in [0.2, 0.25) is 9.84 Å². The minimum atomic E-state index is -3.70. The van der Waals surface area contributed by atoms with Gasteiger partial charge in [-0.3, -0.25) is 9.78 Å². The molecule has 0 saturated carbocycles. The zero-order valence-electron chi connectivity index (χ0n) is 19.0. The van der Waals surface area contributed by atoms with Gasteiger partial charge in [-0.1, -0.05) is 28.1 Å². The molecule has 5 rings (SSSR count). The van der Waals surface area contributed by atoms with Gasteiger partial charge in [0.25, 0.3) is 5.91 Å². The van der Waals surface area contributed by atoms with Gasteiger partial charge >= 0.3 is 0 Å². The van der Waals surface area contributed by atoms with Crippen LogP contribution in [-0.4, -0.2) is 50.4 Å². The smallest absolute Gasteiger partial charge is 0.253 e. The van der Waals surface area contributed by atoms with Gasteiger partial charge < -0.3 is 9.80 Å². The predicted molar refractivity (Wildman–Crippen MR) is 141 cm³/mol. The van der Waals surface area contributed by atoms with Gasteiger partial charge in [-0.05, 0) is 77.9 Å². The molecule has 0 unspecified atom stereocenters. The van der Waals surface area contributed by atoms with Gasteiger partial charge in [-0.2, -0.15) is 0 Å². The Balaban J connectivity index is 1.32. The van der Waals surface area contributed by atoms with Crippen molar-refractivity contribution in [1.82, 2.24) is 9.88 Å². The van der Waals surface area contributed by atoms with Crippen LogP contribution in [0.1, 0.15) is 16.8 Å². The molecule has 1 fully saturated rings. The standard InChI is InChI=1S/C27H24BrN3O3S/c28-23-6-2-22-19-26(9-5-21(22)18-23)35(33,34)25-7-3-20(4-8-25)27(32)31-15-1-14-30(16-17-31)24-10-12-29-13-11-24/h2-13,18-19H,1,14-17H2. The maximum absolute atomic E-state index is 13.2. The van der Waals surface area contributed by atoms with Crippen LogP contribution < -0.4 is 4.90 Å². The highest BCUT2D eigenvalue weighted by Crippen LogP contribution is 2.27. The molecule has 6 nitrogen and oxygen atoms in total. The van der Waals surface area contributed by atoms with E-state index >= 15 is 0 Å². The number of hydrogen-bond acceptors (Lipinski definition) is 5. The molecule has 0 bridgehead atoms. The second kappa shape index (κ2) is 9.79. The number of nitrogens with zero attached hydrogens (tertiary/aromatic N) is 3. The number of fused-ring (bicyclic) bond motifs is 1. The summed E-state index contributed by atoms with van der Waals surface area (Å²) in [6, 6.07) is 21.1. The fourth-order valence-electron chi connectivity index (χ4n) is 4.39. The molecule has 0 atom stereocenters. The Kier molecular flexibility index (Phi) is 6.58. The van der Waals surface area contributed by atoms with Gasteiger partial charge in [0.15, 0.2) is 0 Å². The Hall–Kier alpha value is -3.23. The first-order valence-corrected chi connectivity index (χ1v) is 13.7. The topological polar surface area (TPSA) is 70.6 Å². The van der Waals surface area contributed by atoms with E-state index < -0.39 is 9.84 Å². The van der Waals surface area contributed by atoms with Crippen LogP contribution >= 0.6 is 15.9 Å². The molecule has 2 heterocycles. The summed E-state index contributed by atoms with van der Waals surface area (Å²) in [5, 5.41) is 1.81. The molecule has 0 radical (unpaired) electrons. The summed E-state index contributed by atoms with van der Waals surface area (Å²) in [6.07, 6.45) is 4.41. The summed E-state index contributed by atoms with van der Waals surface area (Å²) < 4.78 is 27.4. The summed E-state index contributed by atoms with van der Waals surface area (Å²) in [4.78, 5) is 21.7. The first-order valence-electron chi connectivity index (χ1n) is 11.4. The van der Waals surface area contributed by atoms with Crippen molar-refractivity contribution in [3.8, 4) is 0 Å². The average molecular weight is 550 g/mol. The number of anilines is 1. The highest BCUT2D eigenvalue weighted by molar-refractivity contribution is 9.10. The highest BCUT2D eigenvalue weighted by atomic mass is 79.9. The first-order chi connectivity index (χ1) is 16.9. The third-order valence-electron chi connectivity index (χ3n) is 6.31. The Morgan fingerprint density at radius 3 is 2.23 bits per heavy atom. The molecule has 0 aliphatic carbocycles. The lowest BCUT2D eigenvalue weighted by atomic mass is 10.1. The molecular weight excluding hydrogens is 526 g/mol. The van der Waals surface area contributed by atoms with Crippen molar-refractivity contribution in [3.05, 3.63) is 95.2 Å². The van der Waals surface area contributed by atoms with Crippen LogP contribution in [0.2, 0.25) is 0 Å². The zero-order valence-corrected chi connectivity index (χ0v) is 21.4. The third kappa shape index (κ3) is 4.94. The van der Waals surface area contributed by atoms with Crippen LogP contribution in [0.5, 0.6) is 0 Å². The summed E-state index contributed by atoms with van der Waals surface area (Å²) in [6.45, 7) is 2.87. The van der Waals surface area contributed by atoms with Crippen molar-refractivity contribution >= 4 is 48.1 Å². The fraction of sp³-hybridized carbons (Fsp3) is 0.185. The molecule has 3 aromatic carbocycles. The van der Waals surface area contributed by atoms with Crippen molar-refractivity contribution in [2.75, 3.05) is 31.1 Å². The van der Waals surface area contributed by atoms with Crippen molar-refractivity contribution < 1.29 is 13.2 Å². The number of rotatable bonds is 4.